The van der Waals surface area contributed by atoms with E-state index in [4.69, 9.17) is 18.9 Å². The first kappa shape index (κ1) is 20.7. The molecule has 0 aliphatic rings. The Morgan fingerprint density at radius 1 is 0.933 bits per heavy atom. The number of esters is 1. The molecule has 0 fully saturated rings. The lowest BCUT2D eigenvalue weighted by molar-refractivity contribution is 0.0733. The Labute approximate surface area is 173 Å². The van der Waals surface area contributed by atoms with Crippen LogP contribution in [0.2, 0.25) is 0 Å². The second kappa shape index (κ2) is 8.99. The maximum atomic E-state index is 12.5. The van der Waals surface area contributed by atoms with Crippen LogP contribution in [0.1, 0.15) is 20.7 Å². The van der Waals surface area contributed by atoms with Gasteiger partial charge in [-0.3, -0.25) is 9.48 Å². The van der Waals surface area contributed by atoms with Gasteiger partial charge in [-0.25, -0.2) is 4.79 Å². The minimum atomic E-state index is -0.596. The van der Waals surface area contributed by atoms with Crippen molar-refractivity contribution in [1.82, 2.24) is 9.78 Å². The van der Waals surface area contributed by atoms with E-state index in [1.165, 1.54) is 39.7 Å². The van der Waals surface area contributed by atoms with Gasteiger partial charge in [0, 0.05) is 18.9 Å². The van der Waals surface area contributed by atoms with E-state index in [0.29, 0.717) is 34.2 Å². The molecule has 0 radical (unpaired) electrons. The number of amides is 1. The van der Waals surface area contributed by atoms with E-state index in [9.17, 15) is 9.59 Å². The third-order valence-electron chi connectivity index (χ3n) is 4.19. The standard InChI is InChI=1S/C21H21N3O6/c1-24-12-14(11-22-24)20(25)23-15-5-7-16(8-6-15)30-21(26)13-9-17(27-2)19(29-4)18(10-13)28-3/h5-12H,1-4H3,(H,23,25). The number of hydrogen-bond donors (Lipinski definition) is 1. The van der Waals surface area contributed by atoms with Crippen LogP contribution in [0.25, 0.3) is 0 Å². The summed E-state index contributed by atoms with van der Waals surface area (Å²) in [5.41, 5.74) is 1.23. The molecule has 156 valence electrons. The molecule has 0 bridgehead atoms. The van der Waals surface area contributed by atoms with Gasteiger partial charge in [0.25, 0.3) is 5.91 Å². The summed E-state index contributed by atoms with van der Waals surface area (Å²) in [6.45, 7) is 0. The molecule has 0 aliphatic heterocycles. The van der Waals surface area contributed by atoms with Gasteiger partial charge in [0.05, 0.1) is 38.7 Å². The Bertz CT molecular complexity index is 1030. The summed E-state index contributed by atoms with van der Waals surface area (Å²) in [5.74, 6) is 0.500. The van der Waals surface area contributed by atoms with Crippen molar-refractivity contribution in [3.8, 4) is 23.0 Å². The van der Waals surface area contributed by atoms with Gasteiger partial charge in [0.1, 0.15) is 5.75 Å². The highest BCUT2D eigenvalue weighted by atomic mass is 16.5. The van der Waals surface area contributed by atoms with Crippen molar-refractivity contribution in [3.05, 3.63) is 59.9 Å². The third kappa shape index (κ3) is 4.52. The van der Waals surface area contributed by atoms with E-state index in [1.807, 2.05) is 0 Å². The zero-order valence-corrected chi connectivity index (χ0v) is 17.0. The van der Waals surface area contributed by atoms with Crippen molar-refractivity contribution < 1.29 is 28.5 Å². The highest BCUT2D eigenvalue weighted by Gasteiger charge is 2.18. The molecule has 9 heteroatoms. The second-order valence-corrected chi connectivity index (χ2v) is 6.18. The van der Waals surface area contributed by atoms with E-state index < -0.39 is 5.97 Å². The molecule has 0 spiro atoms. The minimum absolute atomic E-state index is 0.235. The molecule has 1 aromatic heterocycles. The van der Waals surface area contributed by atoms with Crippen LogP contribution in [0.3, 0.4) is 0 Å². The largest absolute Gasteiger partial charge is 0.493 e. The summed E-state index contributed by atoms with van der Waals surface area (Å²) in [6.07, 6.45) is 3.09. The van der Waals surface area contributed by atoms with Crippen molar-refractivity contribution in [2.75, 3.05) is 26.6 Å². The van der Waals surface area contributed by atoms with Crippen molar-refractivity contribution >= 4 is 17.6 Å². The zero-order chi connectivity index (χ0) is 21.7. The molecule has 0 aliphatic carbocycles. The fourth-order valence-electron chi connectivity index (χ4n) is 2.71. The smallest absolute Gasteiger partial charge is 0.343 e. The normalized spacial score (nSPS) is 10.3. The monoisotopic (exact) mass is 411 g/mol. The van der Waals surface area contributed by atoms with Crippen molar-refractivity contribution in [2.24, 2.45) is 7.05 Å². The molecule has 9 nitrogen and oxygen atoms in total. The summed E-state index contributed by atoms with van der Waals surface area (Å²) >= 11 is 0. The Kier molecular flexibility index (Phi) is 6.21. The van der Waals surface area contributed by atoms with Crippen molar-refractivity contribution in [1.29, 1.82) is 0 Å². The Morgan fingerprint density at radius 2 is 1.57 bits per heavy atom. The van der Waals surface area contributed by atoms with Gasteiger partial charge in [-0.2, -0.15) is 5.10 Å². The van der Waals surface area contributed by atoms with Crippen LogP contribution in [-0.2, 0) is 7.05 Å². The number of benzene rings is 2. The predicted molar refractivity (Wildman–Crippen MR) is 109 cm³/mol. The number of methoxy groups -OCH3 is 3. The molecule has 1 amide bonds. The Balaban J connectivity index is 1.71. The van der Waals surface area contributed by atoms with E-state index in [0.717, 1.165) is 0 Å². The average Bonchev–Trinajstić information content (AvgIpc) is 3.20. The van der Waals surface area contributed by atoms with Crippen LogP contribution in [0.5, 0.6) is 23.0 Å². The van der Waals surface area contributed by atoms with Crippen molar-refractivity contribution in [2.45, 2.75) is 0 Å². The molecule has 0 atom stereocenters. The first-order chi connectivity index (χ1) is 14.4. The lowest BCUT2D eigenvalue weighted by Gasteiger charge is -2.13. The lowest BCUT2D eigenvalue weighted by Crippen LogP contribution is -2.11. The predicted octanol–water partition coefficient (Wildman–Crippen LogP) is 2.92. The third-order valence-corrected chi connectivity index (χ3v) is 4.19. The van der Waals surface area contributed by atoms with Gasteiger partial charge in [-0.15, -0.1) is 0 Å². The number of rotatable bonds is 7. The molecule has 3 aromatic rings. The topological polar surface area (TPSA) is 101 Å². The molecule has 2 aromatic carbocycles. The van der Waals surface area contributed by atoms with Crippen LogP contribution in [-0.4, -0.2) is 43.0 Å². The number of aromatic nitrogens is 2. The lowest BCUT2D eigenvalue weighted by atomic mass is 10.2. The highest BCUT2D eigenvalue weighted by Crippen LogP contribution is 2.38. The molecule has 3 rings (SSSR count). The van der Waals surface area contributed by atoms with E-state index >= 15 is 0 Å². The maximum absolute atomic E-state index is 12.5. The molecule has 1 heterocycles. The zero-order valence-electron chi connectivity index (χ0n) is 17.0. The molecule has 1 N–H and O–H groups in total. The summed E-state index contributed by atoms with van der Waals surface area (Å²) in [7, 11) is 6.14. The number of nitrogens with zero attached hydrogens (tertiary/aromatic N) is 2. The molecule has 30 heavy (non-hydrogen) atoms. The number of nitrogens with one attached hydrogen (secondary N) is 1. The number of aryl methyl sites for hydroxylation is 1. The second-order valence-electron chi connectivity index (χ2n) is 6.18. The molecule has 0 saturated carbocycles. The summed E-state index contributed by atoms with van der Waals surface area (Å²) in [6, 6.07) is 9.43. The fraction of sp³-hybridized carbons (Fsp3) is 0.190. The van der Waals surface area contributed by atoms with Crippen LogP contribution in [0.15, 0.2) is 48.8 Å². The number of anilines is 1. The van der Waals surface area contributed by atoms with Gasteiger partial charge in [0.2, 0.25) is 5.75 Å². The highest BCUT2D eigenvalue weighted by molar-refractivity contribution is 6.04. The van der Waals surface area contributed by atoms with Gasteiger partial charge >= 0.3 is 5.97 Å². The quantitative estimate of drug-likeness (QED) is 0.471. The van der Waals surface area contributed by atoms with Crippen molar-refractivity contribution in [3.63, 3.8) is 0 Å². The fourth-order valence-corrected chi connectivity index (χ4v) is 2.71. The van der Waals surface area contributed by atoms with Gasteiger partial charge in [0.15, 0.2) is 11.5 Å². The molecule has 0 unspecified atom stereocenters. The number of ether oxygens (including phenoxy) is 4. The van der Waals surface area contributed by atoms with Gasteiger partial charge in [-0.1, -0.05) is 0 Å². The average molecular weight is 411 g/mol. The Morgan fingerprint density at radius 3 is 2.07 bits per heavy atom. The van der Waals surface area contributed by atoms with E-state index in [2.05, 4.69) is 10.4 Å². The number of carbonyl (C=O) groups excluding carboxylic acids is 2. The van der Waals surface area contributed by atoms with Crippen LogP contribution in [0, 0.1) is 0 Å². The van der Waals surface area contributed by atoms with E-state index in [-0.39, 0.29) is 11.5 Å². The molecule has 0 saturated heterocycles. The first-order valence-corrected chi connectivity index (χ1v) is 8.87. The Hall–Kier alpha value is -4.01. The van der Waals surface area contributed by atoms with Crippen LogP contribution in [0.4, 0.5) is 5.69 Å². The summed E-state index contributed by atoms with van der Waals surface area (Å²) < 4.78 is 22.7. The summed E-state index contributed by atoms with van der Waals surface area (Å²) in [5, 5.41) is 6.71. The van der Waals surface area contributed by atoms with Gasteiger partial charge < -0.3 is 24.3 Å². The van der Waals surface area contributed by atoms with E-state index in [1.54, 1.807) is 42.2 Å². The summed E-state index contributed by atoms with van der Waals surface area (Å²) in [4.78, 5) is 24.7. The van der Waals surface area contributed by atoms with Crippen LogP contribution >= 0.6 is 0 Å². The SMILES string of the molecule is COc1cc(C(=O)Oc2ccc(NC(=O)c3cnn(C)c3)cc2)cc(OC)c1OC. The molecular formula is C21H21N3O6. The number of hydrogen-bond acceptors (Lipinski definition) is 7. The van der Waals surface area contributed by atoms with Crippen LogP contribution < -0.4 is 24.3 Å². The minimum Gasteiger partial charge on any atom is -0.493 e. The number of carbonyl (C=O) groups is 2. The maximum Gasteiger partial charge on any atom is 0.343 e. The first-order valence-electron chi connectivity index (χ1n) is 8.87. The molecular weight excluding hydrogens is 390 g/mol. The van der Waals surface area contributed by atoms with Gasteiger partial charge in [-0.05, 0) is 36.4 Å².